The van der Waals surface area contributed by atoms with Crippen molar-refractivity contribution in [2.24, 2.45) is 0 Å². The van der Waals surface area contributed by atoms with Crippen molar-refractivity contribution in [3.8, 4) is 12.3 Å². The van der Waals surface area contributed by atoms with Gasteiger partial charge >= 0.3 is 0 Å². The second kappa shape index (κ2) is 6.38. The van der Waals surface area contributed by atoms with Crippen molar-refractivity contribution in [2.45, 2.75) is 26.2 Å². The second-order valence-corrected chi connectivity index (χ2v) is 6.49. The third-order valence-electron chi connectivity index (χ3n) is 4.67. The van der Waals surface area contributed by atoms with Crippen molar-refractivity contribution in [3.63, 3.8) is 0 Å². The van der Waals surface area contributed by atoms with Crippen LogP contribution in [0, 0.1) is 33.1 Å². The van der Waals surface area contributed by atoms with Crippen LogP contribution in [0.25, 0.3) is 0 Å². The Hall–Kier alpha value is -2.78. The Labute approximate surface area is 145 Å². The fraction of sp³-hybridized carbons (Fsp3) is 0.167. The molecule has 3 rings (SSSR count). The van der Waals surface area contributed by atoms with Crippen LogP contribution in [-0.4, -0.2) is 0 Å². The Morgan fingerprint density at radius 3 is 1.00 bits per heavy atom. The van der Waals surface area contributed by atoms with Gasteiger partial charge in [0.05, 0.1) is 0 Å². The van der Waals surface area contributed by atoms with Gasteiger partial charge in [0, 0.05) is 0 Å². The van der Waals surface area contributed by atoms with Gasteiger partial charge in [-0.1, -0.05) is 95.4 Å². The minimum Gasteiger partial charge on any atom is -0.118 e. The third kappa shape index (κ3) is 2.74. The van der Waals surface area contributed by atoms with Crippen LogP contribution < -0.4 is 0 Å². The first kappa shape index (κ1) is 16.1. The zero-order valence-electron chi connectivity index (χ0n) is 14.5. The van der Waals surface area contributed by atoms with E-state index in [0.717, 1.165) is 16.7 Å². The van der Waals surface area contributed by atoms with Crippen LogP contribution in [0.3, 0.4) is 0 Å². The van der Waals surface area contributed by atoms with Crippen molar-refractivity contribution < 1.29 is 0 Å². The van der Waals surface area contributed by atoms with Crippen molar-refractivity contribution in [1.29, 1.82) is 0 Å². The highest BCUT2D eigenvalue weighted by Crippen LogP contribution is 2.39. The molecule has 0 fully saturated rings. The van der Waals surface area contributed by atoms with Gasteiger partial charge in [0.1, 0.15) is 5.41 Å². The van der Waals surface area contributed by atoms with E-state index in [2.05, 4.69) is 99.5 Å². The lowest BCUT2D eigenvalue weighted by Gasteiger charge is -2.31. The van der Waals surface area contributed by atoms with Crippen molar-refractivity contribution in [2.75, 3.05) is 0 Å². The summed E-state index contributed by atoms with van der Waals surface area (Å²) in [5.41, 5.74) is 6.51. The zero-order valence-corrected chi connectivity index (χ0v) is 14.5. The molecule has 3 aromatic carbocycles. The molecule has 0 atom stereocenters. The normalized spacial score (nSPS) is 11.1. The van der Waals surface area contributed by atoms with Gasteiger partial charge in [0.15, 0.2) is 0 Å². The van der Waals surface area contributed by atoms with Gasteiger partial charge in [-0.05, 0) is 37.5 Å². The van der Waals surface area contributed by atoms with Crippen LogP contribution in [0.2, 0.25) is 0 Å². The summed E-state index contributed by atoms with van der Waals surface area (Å²) in [6, 6.07) is 25.7. The van der Waals surface area contributed by atoms with E-state index in [0.29, 0.717) is 0 Å². The quantitative estimate of drug-likeness (QED) is 0.437. The molecular weight excluding hydrogens is 288 g/mol. The maximum absolute atomic E-state index is 6.17. The number of hydrogen-bond donors (Lipinski definition) is 0. The maximum Gasteiger partial charge on any atom is 0.106 e. The van der Waals surface area contributed by atoms with Gasteiger partial charge in [0.25, 0.3) is 0 Å². The lowest BCUT2D eigenvalue weighted by atomic mass is 9.70. The molecular formula is C24H22. The summed E-state index contributed by atoms with van der Waals surface area (Å²) >= 11 is 0. The highest BCUT2D eigenvalue weighted by atomic mass is 14.3. The Morgan fingerprint density at radius 1 is 0.542 bits per heavy atom. The molecule has 0 nitrogen and oxygen atoms in total. The number of benzene rings is 3. The third-order valence-corrected chi connectivity index (χ3v) is 4.67. The van der Waals surface area contributed by atoms with E-state index in [4.69, 9.17) is 6.42 Å². The molecule has 0 aromatic heterocycles. The summed E-state index contributed by atoms with van der Waals surface area (Å²) in [5.74, 6) is 3.12. The summed E-state index contributed by atoms with van der Waals surface area (Å²) in [5, 5.41) is 0. The molecule has 0 N–H and O–H groups in total. The Balaban J connectivity index is 2.30. The molecule has 0 heterocycles. The lowest BCUT2D eigenvalue weighted by molar-refractivity contribution is 0.808. The van der Waals surface area contributed by atoms with E-state index in [9.17, 15) is 0 Å². The van der Waals surface area contributed by atoms with E-state index in [-0.39, 0.29) is 0 Å². The first-order valence-electron chi connectivity index (χ1n) is 8.25. The van der Waals surface area contributed by atoms with Crippen LogP contribution in [0.15, 0.2) is 72.8 Å². The van der Waals surface area contributed by atoms with Crippen LogP contribution in [-0.2, 0) is 5.41 Å². The second-order valence-electron chi connectivity index (χ2n) is 6.49. The SMILES string of the molecule is C#CC(c1ccc(C)cc1)(c1ccc(C)cc1)c1ccc(C)cc1. The highest BCUT2D eigenvalue weighted by molar-refractivity contribution is 5.58. The van der Waals surface area contributed by atoms with E-state index in [1.165, 1.54) is 16.7 Å². The molecule has 0 amide bonds. The monoisotopic (exact) mass is 310 g/mol. The molecule has 0 aliphatic heterocycles. The maximum atomic E-state index is 6.17. The summed E-state index contributed by atoms with van der Waals surface area (Å²) in [7, 11) is 0. The molecule has 0 unspecified atom stereocenters. The lowest BCUT2D eigenvalue weighted by Crippen LogP contribution is -2.27. The first-order valence-corrected chi connectivity index (χ1v) is 8.25. The predicted octanol–water partition coefficient (Wildman–Crippen LogP) is 5.58. The van der Waals surface area contributed by atoms with Gasteiger partial charge in [-0.3, -0.25) is 0 Å². The summed E-state index contributed by atoms with van der Waals surface area (Å²) in [6.45, 7) is 6.29. The topological polar surface area (TPSA) is 0 Å². The molecule has 0 spiro atoms. The van der Waals surface area contributed by atoms with Crippen molar-refractivity contribution in [1.82, 2.24) is 0 Å². The van der Waals surface area contributed by atoms with Gasteiger partial charge in [-0.15, -0.1) is 6.42 Å². The fourth-order valence-electron chi connectivity index (χ4n) is 3.16. The van der Waals surface area contributed by atoms with Crippen LogP contribution in [0.1, 0.15) is 33.4 Å². The van der Waals surface area contributed by atoms with Gasteiger partial charge in [-0.2, -0.15) is 0 Å². The first-order chi connectivity index (χ1) is 11.6. The number of aryl methyl sites for hydroxylation is 3. The largest absolute Gasteiger partial charge is 0.118 e. The van der Waals surface area contributed by atoms with E-state index >= 15 is 0 Å². The minimum atomic E-state index is -0.574. The predicted molar refractivity (Wildman–Crippen MR) is 102 cm³/mol. The molecule has 0 saturated carbocycles. The molecule has 0 saturated heterocycles. The molecule has 0 aliphatic rings. The van der Waals surface area contributed by atoms with Gasteiger partial charge in [0.2, 0.25) is 0 Å². The Kier molecular flexibility index (Phi) is 4.28. The fourth-order valence-corrected chi connectivity index (χ4v) is 3.16. The molecule has 0 heteroatoms. The zero-order chi connectivity index (χ0) is 17.2. The molecule has 118 valence electrons. The summed E-state index contributed by atoms with van der Waals surface area (Å²) in [6.07, 6.45) is 6.17. The van der Waals surface area contributed by atoms with Gasteiger partial charge < -0.3 is 0 Å². The van der Waals surface area contributed by atoms with Crippen molar-refractivity contribution in [3.05, 3.63) is 106 Å². The van der Waals surface area contributed by atoms with E-state index in [1.807, 2.05) is 0 Å². The standard InChI is InChI=1S/C24H22/c1-5-24(21-12-6-18(2)7-13-21,22-14-8-19(3)9-15-22)23-16-10-20(4)11-17-23/h1,6-17H,2-4H3. The average molecular weight is 310 g/mol. The van der Waals surface area contributed by atoms with Crippen LogP contribution in [0.5, 0.6) is 0 Å². The van der Waals surface area contributed by atoms with Crippen LogP contribution in [0.4, 0.5) is 0 Å². The molecule has 0 radical (unpaired) electrons. The molecule has 0 bridgehead atoms. The van der Waals surface area contributed by atoms with E-state index in [1.54, 1.807) is 0 Å². The van der Waals surface area contributed by atoms with Crippen molar-refractivity contribution >= 4 is 0 Å². The summed E-state index contributed by atoms with van der Waals surface area (Å²) in [4.78, 5) is 0. The van der Waals surface area contributed by atoms with Gasteiger partial charge in [-0.25, -0.2) is 0 Å². The average Bonchev–Trinajstić information content (AvgIpc) is 2.60. The smallest absolute Gasteiger partial charge is 0.106 e. The highest BCUT2D eigenvalue weighted by Gasteiger charge is 2.34. The Bertz CT molecular complexity index is 746. The number of terminal acetylenes is 1. The van der Waals surface area contributed by atoms with E-state index < -0.39 is 5.41 Å². The number of hydrogen-bond acceptors (Lipinski definition) is 0. The minimum absolute atomic E-state index is 0.574. The summed E-state index contributed by atoms with van der Waals surface area (Å²) < 4.78 is 0. The van der Waals surface area contributed by atoms with Crippen LogP contribution >= 0.6 is 0 Å². The Morgan fingerprint density at radius 2 is 0.792 bits per heavy atom. The molecule has 3 aromatic rings. The number of rotatable bonds is 3. The molecule has 24 heavy (non-hydrogen) atoms. The molecule has 0 aliphatic carbocycles.